The third-order valence-electron chi connectivity index (χ3n) is 3.60. The molecule has 0 aromatic heterocycles. The van der Waals surface area contributed by atoms with Crippen LogP contribution in [0.4, 0.5) is 10.5 Å². The SMILES string of the molecule is CC(N)C1CCCN(C(=O)Nc2cc(Cl)cc(Cl)c2)C1. The van der Waals surface area contributed by atoms with Crippen LogP contribution >= 0.6 is 23.2 Å². The normalized spacial score (nSPS) is 20.6. The van der Waals surface area contributed by atoms with E-state index >= 15 is 0 Å². The molecule has 1 aromatic carbocycles. The maximum Gasteiger partial charge on any atom is 0.321 e. The van der Waals surface area contributed by atoms with Gasteiger partial charge in [0, 0.05) is 34.9 Å². The first kappa shape index (κ1) is 15.4. The fraction of sp³-hybridized carbons (Fsp3) is 0.500. The standard InChI is InChI=1S/C14H19Cl2N3O/c1-9(17)10-3-2-4-19(8-10)14(20)18-13-6-11(15)5-12(16)7-13/h5-7,9-10H,2-4,8,17H2,1H3,(H,18,20). The maximum absolute atomic E-state index is 12.2. The highest BCUT2D eigenvalue weighted by molar-refractivity contribution is 6.35. The van der Waals surface area contributed by atoms with Crippen LogP contribution in [0.1, 0.15) is 19.8 Å². The first-order valence-corrected chi connectivity index (χ1v) is 7.49. The van der Waals surface area contributed by atoms with Gasteiger partial charge in [-0.15, -0.1) is 0 Å². The summed E-state index contributed by atoms with van der Waals surface area (Å²) < 4.78 is 0. The van der Waals surface area contributed by atoms with Crippen molar-refractivity contribution in [2.45, 2.75) is 25.8 Å². The monoisotopic (exact) mass is 315 g/mol. The lowest BCUT2D eigenvalue weighted by atomic mass is 9.92. The molecule has 6 heteroatoms. The molecule has 0 spiro atoms. The highest BCUT2D eigenvalue weighted by atomic mass is 35.5. The molecule has 1 saturated heterocycles. The third kappa shape index (κ3) is 4.01. The number of carbonyl (C=O) groups excluding carboxylic acids is 1. The molecule has 0 bridgehead atoms. The Bertz CT molecular complexity index is 473. The summed E-state index contributed by atoms with van der Waals surface area (Å²) >= 11 is 11.8. The summed E-state index contributed by atoms with van der Waals surface area (Å²) in [5.74, 6) is 0.359. The van der Waals surface area contributed by atoms with Gasteiger partial charge in [0.25, 0.3) is 0 Å². The van der Waals surface area contributed by atoms with Crippen LogP contribution in [0, 0.1) is 5.92 Å². The molecule has 2 unspecified atom stereocenters. The number of nitrogens with two attached hydrogens (primary N) is 1. The van der Waals surface area contributed by atoms with E-state index in [1.165, 1.54) is 0 Å². The number of urea groups is 1. The zero-order chi connectivity index (χ0) is 14.7. The Kier molecular flexibility index (Phi) is 5.13. The first-order valence-electron chi connectivity index (χ1n) is 6.73. The van der Waals surface area contributed by atoms with Crippen molar-refractivity contribution in [2.24, 2.45) is 11.7 Å². The lowest BCUT2D eigenvalue weighted by Gasteiger charge is -2.34. The fourth-order valence-corrected chi connectivity index (χ4v) is 2.98. The molecule has 4 nitrogen and oxygen atoms in total. The molecule has 2 amide bonds. The van der Waals surface area contributed by atoms with Gasteiger partial charge in [0.05, 0.1) is 0 Å². The van der Waals surface area contributed by atoms with Crippen molar-refractivity contribution >= 4 is 34.9 Å². The minimum atomic E-state index is -0.131. The summed E-state index contributed by atoms with van der Waals surface area (Å²) in [5, 5.41) is 3.83. The summed E-state index contributed by atoms with van der Waals surface area (Å²) in [6.07, 6.45) is 2.06. The number of hydrogen-bond donors (Lipinski definition) is 2. The quantitative estimate of drug-likeness (QED) is 0.876. The molecule has 2 rings (SSSR count). The molecule has 0 aliphatic carbocycles. The summed E-state index contributed by atoms with van der Waals surface area (Å²) in [6, 6.07) is 4.96. The predicted octanol–water partition coefficient (Wildman–Crippen LogP) is 3.58. The minimum absolute atomic E-state index is 0.103. The van der Waals surface area contributed by atoms with Crippen LogP contribution in [0.3, 0.4) is 0 Å². The number of anilines is 1. The molecule has 110 valence electrons. The van der Waals surface area contributed by atoms with Crippen LogP contribution in [0.2, 0.25) is 10.0 Å². The largest absolute Gasteiger partial charge is 0.328 e. The average Bonchev–Trinajstić information content (AvgIpc) is 2.37. The van der Waals surface area contributed by atoms with Crippen LogP contribution in [0.25, 0.3) is 0 Å². The number of halogens is 2. The zero-order valence-electron chi connectivity index (χ0n) is 11.4. The van der Waals surface area contributed by atoms with Crippen molar-refractivity contribution in [1.82, 2.24) is 4.90 Å². The van der Waals surface area contributed by atoms with Crippen molar-refractivity contribution in [3.63, 3.8) is 0 Å². The molecule has 2 atom stereocenters. The first-order chi connectivity index (χ1) is 9.45. The van der Waals surface area contributed by atoms with E-state index < -0.39 is 0 Å². The summed E-state index contributed by atoms with van der Waals surface area (Å²) in [4.78, 5) is 14.0. The van der Waals surface area contributed by atoms with Gasteiger partial charge >= 0.3 is 6.03 Å². The molecule has 3 N–H and O–H groups in total. The van der Waals surface area contributed by atoms with E-state index in [2.05, 4.69) is 5.32 Å². The number of piperidine rings is 1. The molecule has 1 aromatic rings. The van der Waals surface area contributed by atoms with E-state index in [1.807, 2.05) is 6.92 Å². The summed E-state index contributed by atoms with van der Waals surface area (Å²) in [6.45, 7) is 3.43. The van der Waals surface area contributed by atoms with Crippen molar-refractivity contribution < 1.29 is 4.79 Å². The number of benzene rings is 1. The van der Waals surface area contributed by atoms with E-state index in [0.717, 1.165) is 19.4 Å². The van der Waals surface area contributed by atoms with Crippen molar-refractivity contribution in [1.29, 1.82) is 0 Å². The lowest BCUT2D eigenvalue weighted by molar-refractivity contribution is 0.169. The van der Waals surface area contributed by atoms with Crippen molar-refractivity contribution in [2.75, 3.05) is 18.4 Å². The number of amides is 2. The second kappa shape index (κ2) is 6.66. The molecule has 1 aliphatic rings. The number of carbonyl (C=O) groups is 1. The number of nitrogens with zero attached hydrogens (tertiary/aromatic N) is 1. The molecule has 1 aliphatic heterocycles. The van der Waals surface area contributed by atoms with Gasteiger partial charge in [-0.05, 0) is 43.9 Å². The van der Waals surface area contributed by atoms with E-state index in [-0.39, 0.29) is 12.1 Å². The average molecular weight is 316 g/mol. The fourth-order valence-electron chi connectivity index (χ4n) is 2.45. The van der Waals surface area contributed by atoms with E-state index in [4.69, 9.17) is 28.9 Å². The summed E-state index contributed by atoms with van der Waals surface area (Å²) in [7, 11) is 0. The molecule has 0 radical (unpaired) electrons. The second-order valence-electron chi connectivity index (χ2n) is 5.30. The van der Waals surface area contributed by atoms with E-state index in [1.54, 1.807) is 23.1 Å². The van der Waals surface area contributed by atoms with Crippen LogP contribution in [0.15, 0.2) is 18.2 Å². The van der Waals surface area contributed by atoms with Gasteiger partial charge in [-0.25, -0.2) is 4.79 Å². The summed E-state index contributed by atoms with van der Waals surface area (Å²) in [5.41, 5.74) is 6.54. The Morgan fingerprint density at radius 2 is 2.05 bits per heavy atom. The van der Waals surface area contributed by atoms with Crippen LogP contribution < -0.4 is 11.1 Å². The van der Waals surface area contributed by atoms with E-state index in [9.17, 15) is 4.79 Å². The number of nitrogens with one attached hydrogen (secondary N) is 1. The Morgan fingerprint density at radius 3 is 2.65 bits per heavy atom. The Morgan fingerprint density at radius 1 is 1.40 bits per heavy atom. The number of hydrogen-bond acceptors (Lipinski definition) is 2. The topological polar surface area (TPSA) is 58.4 Å². The molecule has 1 fully saturated rings. The highest BCUT2D eigenvalue weighted by Gasteiger charge is 2.25. The van der Waals surface area contributed by atoms with Gasteiger partial charge in [-0.2, -0.15) is 0 Å². The van der Waals surface area contributed by atoms with Crippen LogP contribution in [0.5, 0.6) is 0 Å². The molecular formula is C14H19Cl2N3O. The van der Waals surface area contributed by atoms with Crippen LogP contribution in [-0.4, -0.2) is 30.1 Å². The van der Waals surface area contributed by atoms with Gasteiger partial charge in [0.1, 0.15) is 0 Å². The van der Waals surface area contributed by atoms with Crippen molar-refractivity contribution in [3.8, 4) is 0 Å². The molecule has 20 heavy (non-hydrogen) atoms. The second-order valence-corrected chi connectivity index (χ2v) is 6.17. The Balaban J connectivity index is 2.00. The lowest BCUT2D eigenvalue weighted by Crippen LogP contribution is -2.46. The van der Waals surface area contributed by atoms with Crippen molar-refractivity contribution in [3.05, 3.63) is 28.2 Å². The van der Waals surface area contributed by atoms with Gasteiger partial charge in [0.15, 0.2) is 0 Å². The van der Waals surface area contributed by atoms with Gasteiger partial charge in [-0.1, -0.05) is 23.2 Å². The smallest absolute Gasteiger partial charge is 0.321 e. The van der Waals surface area contributed by atoms with Gasteiger partial charge in [0.2, 0.25) is 0 Å². The zero-order valence-corrected chi connectivity index (χ0v) is 12.9. The highest BCUT2D eigenvalue weighted by Crippen LogP contribution is 2.24. The predicted molar refractivity (Wildman–Crippen MR) is 83.4 cm³/mol. The number of likely N-dealkylation sites (tertiary alicyclic amines) is 1. The Hall–Kier alpha value is -0.970. The molecular weight excluding hydrogens is 297 g/mol. The Labute approximate surface area is 129 Å². The molecule has 0 saturated carbocycles. The van der Waals surface area contributed by atoms with Gasteiger partial charge in [-0.3, -0.25) is 0 Å². The minimum Gasteiger partial charge on any atom is -0.328 e. The maximum atomic E-state index is 12.2. The molecule has 1 heterocycles. The van der Waals surface area contributed by atoms with E-state index in [0.29, 0.717) is 28.2 Å². The number of rotatable bonds is 2. The van der Waals surface area contributed by atoms with Gasteiger partial charge < -0.3 is 16.0 Å². The van der Waals surface area contributed by atoms with Crippen LogP contribution in [-0.2, 0) is 0 Å². The third-order valence-corrected chi connectivity index (χ3v) is 4.04.